The molecule has 34 heavy (non-hydrogen) atoms. The van der Waals surface area contributed by atoms with Gasteiger partial charge in [0.15, 0.2) is 5.78 Å². The van der Waals surface area contributed by atoms with E-state index in [0.717, 1.165) is 27.8 Å². The van der Waals surface area contributed by atoms with Crippen LogP contribution in [0.25, 0.3) is 11.1 Å². The van der Waals surface area contributed by atoms with Crippen molar-refractivity contribution in [3.8, 4) is 11.1 Å². The maximum Gasteiger partial charge on any atom is 0.335 e. The smallest absolute Gasteiger partial charge is 0.335 e. The maximum atomic E-state index is 13.2. The van der Waals surface area contributed by atoms with Crippen LogP contribution < -0.4 is 5.56 Å². The van der Waals surface area contributed by atoms with E-state index in [0.29, 0.717) is 5.56 Å². The van der Waals surface area contributed by atoms with Crippen LogP contribution in [-0.2, 0) is 7.05 Å². The van der Waals surface area contributed by atoms with Crippen LogP contribution in [0.3, 0.4) is 0 Å². The first-order valence-electron chi connectivity index (χ1n) is 11.0. The normalized spacial score (nSPS) is 11.7. The molecule has 0 aliphatic rings. The second-order valence-electron chi connectivity index (χ2n) is 8.41. The Bertz CT molecular complexity index is 1400. The molecule has 1 aromatic heterocycles. The zero-order valence-corrected chi connectivity index (χ0v) is 19.1. The van der Waals surface area contributed by atoms with Gasteiger partial charge in [0.25, 0.3) is 0 Å². The minimum Gasteiger partial charge on any atom is -0.478 e. The Labute approximate surface area is 198 Å². The largest absolute Gasteiger partial charge is 0.478 e. The monoisotopic (exact) mass is 451 g/mol. The Hall–Kier alpha value is -4.25. The van der Waals surface area contributed by atoms with Crippen molar-refractivity contribution in [2.24, 2.45) is 7.05 Å². The van der Waals surface area contributed by atoms with E-state index in [1.165, 1.54) is 10.6 Å². The highest BCUT2D eigenvalue weighted by Gasteiger charge is 2.21. The summed E-state index contributed by atoms with van der Waals surface area (Å²) in [7, 11) is 1.64. The molecule has 0 spiro atoms. The number of nitrogens with zero attached hydrogens (tertiary/aromatic N) is 1. The van der Waals surface area contributed by atoms with Crippen LogP contribution in [0.4, 0.5) is 0 Å². The van der Waals surface area contributed by atoms with Crippen LogP contribution in [0.1, 0.15) is 49.7 Å². The fourth-order valence-electron chi connectivity index (χ4n) is 4.16. The predicted molar refractivity (Wildman–Crippen MR) is 132 cm³/mol. The number of carbonyl (C=O) groups excluding carboxylic acids is 1. The number of aromatic carboxylic acids is 1. The van der Waals surface area contributed by atoms with Gasteiger partial charge in [0, 0.05) is 37.2 Å². The zero-order valence-electron chi connectivity index (χ0n) is 19.1. The Kier molecular flexibility index (Phi) is 6.55. The molecule has 4 rings (SSSR count). The summed E-state index contributed by atoms with van der Waals surface area (Å²) < 4.78 is 1.42. The number of pyridine rings is 1. The molecule has 0 fully saturated rings. The molecule has 0 saturated heterocycles. The number of benzene rings is 3. The van der Waals surface area contributed by atoms with Crippen molar-refractivity contribution in [3.05, 3.63) is 129 Å². The van der Waals surface area contributed by atoms with Gasteiger partial charge in [0.05, 0.1) is 5.56 Å². The molecule has 1 atom stereocenters. The van der Waals surface area contributed by atoms with Crippen molar-refractivity contribution in [1.82, 2.24) is 4.57 Å². The minimum absolute atomic E-state index is 0.0304. The number of hydrogen-bond acceptors (Lipinski definition) is 3. The van der Waals surface area contributed by atoms with Crippen molar-refractivity contribution < 1.29 is 14.7 Å². The average molecular weight is 452 g/mol. The third-order valence-corrected chi connectivity index (χ3v) is 6.14. The molecule has 170 valence electrons. The van der Waals surface area contributed by atoms with E-state index in [2.05, 4.69) is 0 Å². The second kappa shape index (κ2) is 9.71. The first-order valence-corrected chi connectivity index (χ1v) is 11.0. The standard InChI is InChI=1S/C29H25NO4/c1-19-5-3-4-6-25(19)26(17-27(31)24-15-16-28(32)30(2)18-24)22-11-7-20(8-12-22)21-9-13-23(14-10-21)29(33)34/h3-16,18,26H,17H2,1-2H3,(H,33,34)/t26-/m1/s1. The molecule has 5 heteroatoms. The molecule has 3 aromatic carbocycles. The molecule has 0 aliphatic carbocycles. The van der Waals surface area contributed by atoms with Gasteiger partial charge in [0.1, 0.15) is 0 Å². The van der Waals surface area contributed by atoms with Crippen LogP contribution in [0.5, 0.6) is 0 Å². The number of rotatable bonds is 7. The topological polar surface area (TPSA) is 76.4 Å². The molecule has 0 bridgehead atoms. The maximum absolute atomic E-state index is 13.2. The van der Waals surface area contributed by atoms with Gasteiger partial charge in [-0.1, -0.05) is 60.7 Å². The van der Waals surface area contributed by atoms with Crippen LogP contribution in [0.15, 0.2) is 95.9 Å². The SMILES string of the molecule is Cc1ccccc1[C@H](CC(=O)c1ccc(=O)n(C)c1)c1ccc(-c2ccc(C(=O)O)cc2)cc1. The molecule has 0 unspecified atom stereocenters. The summed E-state index contributed by atoms with van der Waals surface area (Å²) in [6.45, 7) is 2.04. The molecule has 4 aromatic rings. The summed E-state index contributed by atoms with van der Waals surface area (Å²) in [6, 6.07) is 25.8. The molecule has 0 aliphatic heterocycles. The highest BCUT2D eigenvalue weighted by molar-refractivity contribution is 5.96. The lowest BCUT2D eigenvalue weighted by molar-refractivity contribution is 0.0696. The summed E-state index contributed by atoms with van der Waals surface area (Å²) >= 11 is 0. The molecular weight excluding hydrogens is 426 g/mol. The fraction of sp³-hybridized carbons (Fsp3) is 0.138. The number of ketones is 1. The number of Topliss-reactive ketones (excluding diaryl/α,β-unsaturated/α-hetero) is 1. The highest BCUT2D eigenvalue weighted by atomic mass is 16.4. The highest BCUT2D eigenvalue weighted by Crippen LogP contribution is 2.33. The third-order valence-electron chi connectivity index (χ3n) is 6.14. The molecule has 0 amide bonds. The molecule has 1 N–H and O–H groups in total. The van der Waals surface area contributed by atoms with E-state index in [1.807, 2.05) is 55.5 Å². The molecule has 5 nitrogen and oxygen atoms in total. The number of carboxylic acids is 1. The number of carbonyl (C=O) groups is 2. The van der Waals surface area contributed by atoms with Crippen LogP contribution >= 0.6 is 0 Å². The molecule has 1 heterocycles. The Morgan fingerprint density at radius 2 is 1.41 bits per heavy atom. The van der Waals surface area contributed by atoms with Gasteiger partial charge in [-0.05, 0) is 52.9 Å². The predicted octanol–water partition coefficient (Wildman–Crippen LogP) is 5.46. The first-order chi connectivity index (χ1) is 16.3. The quantitative estimate of drug-likeness (QED) is 0.378. The Balaban J connectivity index is 1.67. The lowest BCUT2D eigenvalue weighted by atomic mass is 9.83. The van der Waals surface area contributed by atoms with Gasteiger partial charge in [0.2, 0.25) is 5.56 Å². The number of aromatic nitrogens is 1. The Morgan fingerprint density at radius 3 is 2.00 bits per heavy atom. The average Bonchev–Trinajstić information content (AvgIpc) is 2.85. The van der Waals surface area contributed by atoms with Gasteiger partial charge >= 0.3 is 5.97 Å². The van der Waals surface area contributed by atoms with Crippen molar-refractivity contribution in [3.63, 3.8) is 0 Å². The van der Waals surface area contributed by atoms with E-state index in [4.69, 9.17) is 5.11 Å². The van der Waals surface area contributed by atoms with Crippen LogP contribution in [0.2, 0.25) is 0 Å². The van der Waals surface area contributed by atoms with Crippen LogP contribution in [-0.4, -0.2) is 21.4 Å². The molecule has 0 saturated carbocycles. The Morgan fingerprint density at radius 1 is 0.824 bits per heavy atom. The lowest BCUT2D eigenvalue weighted by Crippen LogP contribution is -2.17. The van der Waals surface area contributed by atoms with E-state index in [-0.39, 0.29) is 29.2 Å². The summed E-state index contributed by atoms with van der Waals surface area (Å²) in [5.41, 5.74) is 5.69. The van der Waals surface area contributed by atoms with Crippen molar-refractivity contribution in [2.75, 3.05) is 0 Å². The fourth-order valence-corrected chi connectivity index (χ4v) is 4.16. The van der Waals surface area contributed by atoms with Gasteiger partial charge in [-0.3, -0.25) is 9.59 Å². The zero-order chi connectivity index (χ0) is 24.2. The van der Waals surface area contributed by atoms with Gasteiger partial charge in [-0.2, -0.15) is 0 Å². The molecule has 0 radical (unpaired) electrons. The third kappa shape index (κ3) is 4.89. The van der Waals surface area contributed by atoms with Crippen molar-refractivity contribution >= 4 is 11.8 Å². The van der Waals surface area contributed by atoms with Crippen molar-refractivity contribution in [1.29, 1.82) is 0 Å². The first kappa shape index (κ1) is 22.9. The summed E-state index contributed by atoms with van der Waals surface area (Å²) in [5, 5.41) is 9.11. The molecular formula is C29H25NO4. The van der Waals surface area contributed by atoms with E-state index in [1.54, 1.807) is 43.6 Å². The van der Waals surface area contributed by atoms with E-state index < -0.39 is 5.97 Å². The van der Waals surface area contributed by atoms with Crippen molar-refractivity contribution in [2.45, 2.75) is 19.3 Å². The minimum atomic E-state index is -0.953. The number of carboxylic acid groups (broad SMARTS) is 1. The van der Waals surface area contributed by atoms with Crippen LogP contribution in [0, 0.1) is 6.92 Å². The van der Waals surface area contributed by atoms with Gasteiger partial charge in [-0.25, -0.2) is 4.79 Å². The van der Waals surface area contributed by atoms with Gasteiger partial charge < -0.3 is 9.67 Å². The number of hydrogen-bond donors (Lipinski definition) is 1. The number of aryl methyl sites for hydroxylation is 2. The lowest BCUT2D eigenvalue weighted by Gasteiger charge is -2.20. The van der Waals surface area contributed by atoms with Gasteiger partial charge in [-0.15, -0.1) is 0 Å². The van der Waals surface area contributed by atoms with E-state index >= 15 is 0 Å². The summed E-state index contributed by atoms with van der Waals surface area (Å²) in [6.07, 6.45) is 1.86. The second-order valence-corrected chi connectivity index (χ2v) is 8.41. The van der Waals surface area contributed by atoms with E-state index in [9.17, 15) is 14.4 Å². The summed E-state index contributed by atoms with van der Waals surface area (Å²) in [5.74, 6) is -1.13. The summed E-state index contributed by atoms with van der Waals surface area (Å²) in [4.78, 5) is 36.0.